The third-order valence-corrected chi connectivity index (χ3v) is 5.21. The van der Waals surface area contributed by atoms with Gasteiger partial charge in [-0.3, -0.25) is 4.90 Å². The van der Waals surface area contributed by atoms with E-state index >= 15 is 0 Å². The van der Waals surface area contributed by atoms with Crippen molar-refractivity contribution < 1.29 is 0 Å². The van der Waals surface area contributed by atoms with Crippen LogP contribution in [0.5, 0.6) is 0 Å². The zero-order valence-electron chi connectivity index (χ0n) is 11.5. The molecule has 1 atom stereocenters. The molecule has 17 heavy (non-hydrogen) atoms. The molecule has 2 saturated carbocycles. The number of rotatable bonds is 3. The van der Waals surface area contributed by atoms with Gasteiger partial charge < -0.3 is 5.32 Å². The molecule has 0 aromatic heterocycles. The third kappa shape index (κ3) is 2.68. The molecule has 3 fully saturated rings. The van der Waals surface area contributed by atoms with Crippen LogP contribution in [0.25, 0.3) is 0 Å². The van der Waals surface area contributed by atoms with Crippen LogP contribution in [-0.4, -0.2) is 36.1 Å². The van der Waals surface area contributed by atoms with Crippen LogP contribution in [0.4, 0.5) is 0 Å². The number of piperazine rings is 1. The van der Waals surface area contributed by atoms with Crippen molar-refractivity contribution in [3.05, 3.63) is 0 Å². The van der Waals surface area contributed by atoms with E-state index in [-0.39, 0.29) is 0 Å². The molecule has 2 aliphatic carbocycles. The van der Waals surface area contributed by atoms with Crippen LogP contribution in [0.1, 0.15) is 52.4 Å². The molecular formula is C15H28N2. The van der Waals surface area contributed by atoms with Crippen LogP contribution < -0.4 is 5.32 Å². The van der Waals surface area contributed by atoms with Crippen molar-refractivity contribution in [1.82, 2.24) is 10.2 Å². The van der Waals surface area contributed by atoms with E-state index in [4.69, 9.17) is 0 Å². The lowest BCUT2D eigenvalue weighted by atomic mass is 9.93. The highest BCUT2D eigenvalue weighted by atomic mass is 15.3. The van der Waals surface area contributed by atoms with Gasteiger partial charge in [-0.05, 0) is 51.4 Å². The largest absolute Gasteiger partial charge is 0.311 e. The van der Waals surface area contributed by atoms with E-state index in [1.54, 1.807) is 0 Å². The van der Waals surface area contributed by atoms with Crippen LogP contribution in [0.15, 0.2) is 0 Å². The molecule has 1 saturated heterocycles. The molecule has 3 rings (SSSR count). The van der Waals surface area contributed by atoms with Gasteiger partial charge in [0.15, 0.2) is 0 Å². The van der Waals surface area contributed by atoms with Gasteiger partial charge in [0.25, 0.3) is 0 Å². The van der Waals surface area contributed by atoms with Gasteiger partial charge in [0.1, 0.15) is 0 Å². The SMILES string of the molecule is CC1(C)CNC(C2CC2)CN1CC1CCCC1. The van der Waals surface area contributed by atoms with Gasteiger partial charge in [-0.25, -0.2) is 0 Å². The quantitative estimate of drug-likeness (QED) is 0.810. The molecule has 1 unspecified atom stereocenters. The first-order valence-electron chi connectivity index (χ1n) is 7.63. The first-order chi connectivity index (χ1) is 8.15. The first kappa shape index (κ1) is 12.0. The van der Waals surface area contributed by atoms with Crippen molar-refractivity contribution in [2.45, 2.75) is 64.0 Å². The Balaban J connectivity index is 1.60. The average molecular weight is 236 g/mol. The van der Waals surface area contributed by atoms with Crippen molar-refractivity contribution in [3.63, 3.8) is 0 Å². The fourth-order valence-corrected chi connectivity index (χ4v) is 3.68. The van der Waals surface area contributed by atoms with Crippen molar-refractivity contribution in [1.29, 1.82) is 0 Å². The Morgan fingerprint density at radius 3 is 2.47 bits per heavy atom. The second-order valence-corrected chi connectivity index (χ2v) is 7.19. The minimum atomic E-state index is 0.369. The molecule has 0 bridgehead atoms. The number of hydrogen-bond acceptors (Lipinski definition) is 2. The van der Waals surface area contributed by atoms with Gasteiger partial charge in [-0.1, -0.05) is 12.8 Å². The van der Waals surface area contributed by atoms with E-state index in [0.717, 1.165) is 17.9 Å². The Morgan fingerprint density at radius 2 is 1.82 bits per heavy atom. The van der Waals surface area contributed by atoms with Gasteiger partial charge in [-0.15, -0.1) is 0 Å². The smallest absolute Gasteiger partial charge is 0.0278 e. The predicted octanol–water partition coefficient (Wildman–Crippen LogP) is 2.64. The zero-order valence-corrected chi connectivity index (χ0v) is 11.5. The zero-order chi connectivity index (χ0) is 11.9. The van der Waals surface area contributed by atoms with Gasteiger partial charge >= 0.3 is 0 Å². The highest BCUT2D eigenvalue weighted by Crippen LogP contribution is 2.36. The summed E-state index contributed by atoms with van der Waals surface area (Å²) in [4.78, 5) is 2.79. The van der Waals surface area contributed by atoms with Crippen molar-refractivity contribution in [2.75, 3.05) is 19.6 Å². The van der Waals surface area contributed by atoms with Crippen LogP contribution in [-0.2, 0) is 0 Å². The standard InChI is InChI=1S/C15H28N2/c1-15(2)11-16-14(13-7-8-13)10-17(15)9-12-5-3-4-6-12/h12-14,16H,3-11H2,1-2H3. The summed E-state index contributed by atoms with van der Waals surface area (Å²) >= 11 is 0. The van der Waals surface area contributed by atoms with Crippen LogP contribution >= 0.6 is 0 Å². The Labute approximate surface area is 106 Å². The topological polar surface area (TPSA) is 15.3 Å². The van der Waals surface area contributed by atoms with E-state index in [0.29, 0.717) is 5.54 Å². The Morgan fingerprint density at radius 1 is 1.12 bits per heavy atom. The molecule has 1 aliphatic heterocycles. The maximum absolute atomic E-state index is 3.78. The second kappa shape index (κ2) is 4.55. The minimum absolute atomic E-state index is 0.369. The van der Waals surface area contributed by atoms with E-state index in [2.05, 4.69) is 24.1 Å². The monoisotopic (exact) mass is 236 g/mol. The van der Waals surface area contributed by atoms with E-state index < -0.39 is 0 Å². The summed E-state index contributed by atoms with van der Waals surface area (Å²) in [6.07, 6.45) is 8.85. The van der Waals surface area contributed by atoms with Crippen molar-refractivity contribution >= 4 is 0 Å². The molecule has 3 aliphatic rings. The summed E-state index contributed by atoms with van der Waals surface area (Å²) in [6.45, 7) is 8.67. The van der Waals surface area contributed by atoms with E-state index in [1.807, 2.05) is 0 Å². The molecule has 0 radical (unpaired) electrons. The summed E-state index contributed by atoms with van der Waals surface area (Å²) in [5.74, 6) is 1.99. The van der Waals surface area contributed by atoms with Gasteiger partial charge in [0.05, 0.1) is 0 Å². The van der Waals surface area contributed by atoms with Crippen LogP contribution in [0, 0.1) is 11.8 Å². The average Bonchev–Trinajstić information content (AvgIpc) is 3.00. The molecule has 0 spiro atoms. The molecule has 2 nitrogen and oxygen atoms in total. The maximum atomic E-state index is 3.78. The summed E-state index contributed by atoms with van der Waals surface area (Å²) in [5, 5.41) is 3.78. The lowest BCUT2D eigenvalue weighted by molar-refractivity contribution is 0.0465. The van der Waals surface area contributed by atoms with Crippen molar-refractivity contribution in [2.24, 2.45) is 11.8 Å². The molecule has 0 amide bonds. The normalized spacial score (nSPS) is 35.3. The summed E-state index contributed by atoms with van der Waals surface area (Å²) in [5.41, 5.74) is 0.369. The Bertz CT molecular complexity index is 262. The molecule has 1 N–H and O–H groups in total. The van der Waals surface area contributed by atoms with E-state index in [9.17, 15) is 0 Å². The lowest BCUT2D eigenvalue weighted by Gasteiger charge is -2.47. The summed E-state index contributed by atoms with van der Waals surface area (Å²) < 4.78 is 0. The maximum Gasteiger partial charge on any atom is 0.0278 e. The van der Waals surface area contributed by atoms with Gasteiger partial charge in [-0.2, -0.15) is 0 Å². The van der Waals surface area contributed by atoms with Gasteiger partial charge in [0.2, 0.25) is 0 Å². The second-order valence-electron chi connectivity index (χ2n) is 7.19. The first-order valence-corrected chi connectivity index (χ1v) is 7.63. The van der Waals surface area contributed by atoms with Crippen LogP contribution in [0.2, 0.25) is 0 Å². The number of nitrogens with zero attached hydrogens (tertiary/aromatic N) is 1. The summed E-state index contributed by atoms with van der Waals surface area (Å²) in [6, 6.07) is 0.796. The molecule has 0 aromatic carbocycles. The van der Waals surface area contributed by atoms with Gasteiger partial charge in [0, 0.05) is 31.2 Å². The number of hydrogen-bond donors (Lipinski definition) is 1. The Kier molecular flexibility index (Phi) is 3.20. The molecule has 0 aromatic rings. The molecular weight excluding hydrogens is 208 g/mol. The predicted molar refractivity (Wildman–Crippen MR) is 72.1 cm³/mol. The fraction of sp³-hybridized carbons (Fsp3) is 1.00. The lowest BCUT2D eigenvalue weighted by Crippen LogP contribution is -2.63. The number of nitrogens with one attached hydrogen (secondary N) is 1. The highest BCUT2D eigenvalue weighted by Gasteiger charge is 2.40. The summed E-state index contributed by atoms with van der Waals surface area (Å²) in [7, 11) is 0. The molecule has 98 valence electrons. The fourth-order valence-electron chi connectivity index (χ4n) is 3.68. The minimum Gasteiger partial charge on any atom is -0.311 e. The van der Waals surface area contributed by atoms with Crippen LogP contribution in [0.3, 0.4) is 0 Å². The van der Waals surface area contributed by atoms with E-state index in [1.165, 1.54) is 58.2 Å². The highest BCUT2D eigenvalue weighted by molar-refractivity contribution is 4.98. The van der Waals surface area contributed by atoms with Crippen molar-refractivity contribution in [3.8, 4) is 0 Å². The Hall–Kier alpha value is -0.0800. The molecule has 2 heteroatoms. The third-order valence-electron chi connectivity index (χ3n) is 5.21. The molecule has 1 heterocycles.